The first-order valence-corrected chi connectivity index (χ1v) is 7.32. The van der Waals surface area contributed by atoms with E-state index < -0.39 is 15.1 Å². The largest absolute Gasteiger partial charge is 0.340 e. The Labute approximate surface area is 95.9 Å². The van der Waals surface area contributed by atoms with Gasteiger partial charge in [-0.25, -0.2) is 8.42 Å². The molecule has 1 aliphatic heterocycles. The van der Waals surface area contributed by atoms with Crippen molar-refractivity contribution in [3.63, 3.8) is 0 Å². The quantitative estimate of drug-likeness (QED) is 0.703. The highest BCUT2D eigenvalue weighted by atomic mass is 32.2. The molecule has 0 bridgehead atoms. The van der Waals surface area contributed by atoms with Crippen LogP contribution in [0.5, 0.6) is 0 Å². The van der Waals surface area contributed by atoms with Crippen molar-refractivity contribution in [1.82, 2.24) is 4.90 Å². The molecule has 1 unspecified atom stereocenters. The fourth-order valence-corrected chi connectivity index (χ4v) is 3.55. The lowest BCUT2D eigenvalue weighted by molar-refractivity contribution is -0.136. The molecule has 0 aromatic heterocycles. The minimum absolute atomic E-state index is 0.0523. The molecule has 2 rings (SSSR count). The second-order valence-corrected chi connectivity index (χ2v) is 7.44. The van der Waals surface area contributed by atoms with Gasteiger partial charge in [-0.3, -0.25) is 4.79 Å². The van der Waals surface area contributed by atoms with Gasteiger partial charge in [0.15, 0.2) is 9.84 Å². The number of hydrogen-bond acceptors (Lipinski definition) is 4. The van der Waals surface area contributed by atoms with Gasteiger partial charge in [0.1, 0.15) is 0 Å². The predicted molar refractivity (Wildman–Crippen MR) is 60.6 cm³/mol. The average Bonchev–Trinajstić information content (AvgIpc) is 2.96. The van der Waals surface area contributed by atoms with Gasteiger partial charge in [-0.1, -0.05) is 6.92 Å². The molecule has 92 valence electrons. The molecule has 0 spiro atoms. The van der Waals surface area contributed by atoms with E-state index in [4.69, 9.17) is 5.73 Å². The van der Waals surface area contributed by atoms with Crippen LogP contribution in [0.4, 0.5) is 0 Å². The third-order valence-corrected chi connectivity index (χ3v) is 5.75. The maximum atomic E-state index is 12.0. The molecule has 2 aliphatic rings. The minimum Gasteiger partial charge on any atom is -0.340 e. The summed E-state index contributed by atoms with van der Waals surface area (Å²) in [5, 5.41) is -0.576. The standard InChI is InChI=1S/C10H18N2O3S/c1-10(2-3-10)9(13)12-4-5-16(14,15)8(6-11)7-12/h8H,2-7,11H2,1H3. The van der Waals surface area contributed by atoms with Crippen LogP contribution in [0.25, 0.3) is 0 Å². The van der Waals surface area contributed by atoms with Gasteiger partial charge >= 0.3 is 0 Å². The molecule has 0 aromatic rings. The molecule has 6 heteroatoms. The highest BCUT2D eigenvalue weighted by molar-refractivity contribution is 7.92. The summed E-state index contributed by atoms with van der Waals surface area (Å²) in [4.78, 5) is 13.7. The summed E-state index contributed by atoms with van der Waals surface area (Å²) in [6.07, 6.45) is 1.84. The van der Waals surface area contributed by atoms with Crippen LogP contribution in [0.1, 0.15) is 19.8 Å². The molecular weight excluding hydrogens is 228 g/mol. The summed E-state index contributed by atoms with van der Waals surface area (Å²) in [6, 6.07) is 0. The number of sulfone groups is 1. The van der Waals surface area contributed by atoms with Crippen LogP contribution in [0, 0.1) is 5.41 Å². The Hall–Kier alpha value is -0.620. The van der Waals surface area contributed by atoms with Gasteiger partial charge in [0.25, 0.3) is 0 Å². The third-order valence-electron chi connectivity index (χ3n) is 3.64. The van der Waals surface area contributed by atoms with E-state index in [1.807, 2.05) is 6.92 Å². The van der Waals surface area contributed by atoms with Crippen molar-refractivity contribution < 1.29 is 13.2 Å². The van der Waals surface area contributed by atoms with Crippen molar-refractivity contribution >= 4 is 15.7 Å². The molecule has 1 atom stereocenters. The molecule has 0 radical (unpaired) electrons. The van der Waals surface area contributed by atoms with Crippen molar-refractivity contribution in [2.45, 2.75) is 25.0 Å². The maximum Gasteiger partial charge on any atom is 0.228 e. The first kappa shape index (κ1) is 11.9. The number of hydrogen-bond donors (Lipinski definition) is 1. The number of rotatable bonds is 2. The molecule has 2 N–H and O–H groups in total. The lowest BCUT2D eigenvalue weighted by Gasteiger charge is -2.33. The van der Waals surface area contributed by atoms with E-state index in [2.05, 4.69) is 0 Å². The van der Waals surface area contributed by atoms with Crippen molar-refractivity contribution in [1.29, 1.82) is 0 Å². The van der Waals surface area contributed by atoms with Crippen LogP contribution in [-0.4, -0.2) is 49.9 Å². The number of carbonyl (C=O) groups excluding carboxylic acids is 1. The van der Waals surface area contributed by atoms with Gasteiger partial charge in [-0.2, -0.15) is 0 Å². The van der Waals surface area contributed by atoms with Crippen molar-refractivity contribution in [3.8, 4) is 0 Å². The van der Waals surface area contributed by atoms with Crippen molar-refractivity contribution in [3.05, 3.63) is 0 Å². The Bertz CT molecular complexity index is 400. The predicted octanol–water partition coefficient (Wildman–Crippen LogP) is -0.629. The number of carbonyl (C=O) groups is 1. The van der Waals surface area contributed by atoms with E-state index in [1.54, 1.807) is 4.90 Å². The molecule has 1 saturated carbocycles. The van der Waals surface area contributed by atoms with Crippen LogP contribution < -0.4 is 5.73 Å². The molecular formula is C10H18N2O3S. The van der Waals surface area contributed by atoms with E-state index in [0.29, 0.717) is 6.54 Å². The molecule has 0 aromatic carbocycles. The summed E-state index contributed by atoms with van der Waals surface area (Å²) in [7, 11) is -3.08. The fourth-order valence-electron chi connectivity index (χ4n) is 2.04. The third kappa shape index (κ3) is 1.96. The zero-order valence-electron chi connectivity index (χ0n) is 9.48. The molecule has 2 fully saturated rings. The van der Waals surface area contributed by atoms with E-state index in [9.17, 15) is 13.2 Å². The fraction of sp³-hybridized carbons (Fsp3) is 0.900. The Morgan fingerprint density at radius 3 is 2.62 bits per heavy atom. The van der Waals surface area contributed by atoms with Gasteiger partial charge in [0, 0.05) is 25.0 Å². The van der Waals surface area contributed by atoms with E-state index >= 15 is 0 Å². The summed E-state index contributed by atoms with van der Waals surface area (Å²) in [5.41, 5.74) is 5.23. The van der Waals surface area contributed by atoms with E-state index in [1.165, 1.54) is 0 Å². The molecule has 5 nitrogen and oxygen atoms in total. The van der Waals surface area contributed by atoms with Crippen LogP contribution in [0.15, 0.2) is 0 Å². The maximum absolute atomic E-state index is 12.0. The number of nitrogens with zero attached hydrogens (tertiary/aromatic N) is 1. The Morgan fingerprint density at radius 2 is 2.12 bits per heavy atom. The van der Waals surface area contributed by atoms with E-state index in [0.717, 1.165) is 12.8 Å². The molecule has 1 heterocycles. The summed E-state index contributed by atoms with van der Waals surface area (Å²) >= 11 is 0. The van der Waals surface area contributed by atoms with Crippen LogP contribution in [0.3, 0.4) is 0 Å². The molecule has 1 saturated heterocycles. The highest BCUT2D eigenvalue weighted by Gasteiger charge is 2.48. The second kappa shape index (κ2) is 3.70. The first-order chi connectivity index (χ1) is 7.39. The normalized spacial score (nSPS) is 31.1. The zero-order valence-corrected chi connectivity index (χ0v) is 10.3. The second-order valence-electron chi connectivity index (χ2n) is 5.04. The number of nitrogens with two attached hydrogens (primary N) is 1. The average molecular weight is 246 g/mol. The summed E-state index contributed by atoms with van der Waals surface area (Å²) < 4.78 is 23.3. The van der Waals surface area contributed by atoms with Crippen molar-refractivity contribution in [2.75, 3.05) is 25.4 Å². The zero-order chi connectivity index (χ0) is 12.0. The summed E-state index contributed by atoms with van der Waals surface area (Å²) in [5.74, 6) is 0.150. The smallest absolute Gasteiger partial charge is 0.228 e. The van der Waals surface area contributed by atoms with Gasteiger partial charge in [0.2, 0.25) is 5.91 Å². The van der Waals surface area contributed by atoms with Gasteiger partial charge in [0.05, 0.1) is 11.0 Å². The Kier molecular flexibility index (Phi) is 2.74. The lowest BCUT2D eigenvalue weighted by atomic mass is 10.1. The van der Waals surface area contributed by atoms with E-state index in [-0.39, 0.29) is 30.2 Å². The Balaban J connectivity index is 2.08. The first-order valence-electron chi connectivity index (χ1n) is 5.60. The van der Waals surface area contributed by atoms with Gasteiger partial charge in [-0.15, -0.1) is 0 Å². The lowest BCUT2D eigenvalue weighted by Crippen LogP contribution is -2.53. The topological polar surface area (TPSA) is 80.5 Å². The van der Waals surface area contributed by atoms with Crippen LogP contribution in [-0.2, 0) is 14.6 Å². The molecule has 1 aliphatic carbocycles. The van der Waals surface area contributed by atoms with Crippen LogP contribution >= 0.6 is 0 Å². The Morgan fingerprint density at radius 1 is 1.50 bits per heavy atom. The van der Waals surface area contributed by atoms with Gasteiger partial charge < -0.3 is 10.6 Å². The van der Waals surface area contributed by atoms with Crippen molar-refractivity contribution in [2.24, 2.45) is 11.1 Å². The molecule has 1 amide bonds. The summed E-state index contributed by atoms with van der Waals surface area (Å²) in [6.45, 7) is 2.64. The van der Waals surface area contributed by atoms with Crippen LogP contribution in [0.2, 0.25) is 0 Å². The van der Waals surface area contributed by atoms with Gasteiger partial charge in [-0.05, 0) is 12.8 Å². The minimum atomic E-state index is -3.08. The molecule has 16 heavy (non-hydrogen) atoms. The number of amides is 1. The SMILES string of the molecule is CC1(C(=O)N2CCS(=O)(=O)C(CN)C2)CC1. The highest BCUT2D eigenvalue weighted by Crippen LogP contribution is 2.46. The monoisotopic (exact) mass is 246 g/mol.